The fourth-order valence-electron chi connectivity index (χ4n) is 7.36. The Kier molecular flexibility index (Phi) is 4.72. The molecule has 0 aliphatic heterocycles. The highest BCUT2D eigenvalue weighted by atomic mass is 16.6. The molecule has 0 N–H and O–H groups in total. The third-order valence-electron chi connectivity index (χ3n) is 8.75. The van der Waals surface area contributed by atoms with Gasteiger partial charge in [0, 0.05) is 19.3 Å². The lowest BCUT2D eigenvalue weighted by molar-refractivity contribution is -0.170. The molecule has 156 valence electrons. The number of terminal acetylenes is 1. The first-order valence-corrected chi connectivity index (χ1v) is 10.9. The van der Waals surface area contributed by atoms with Crippen LogP contribution in [-0.2, 0) is 19.1 Å². The summed E-state index contributed by atoms with van der Waals surface area (Å²) in [6, 6.07) is 0. The minimum Gasteiger partial charge on any atom is -0.445 e. The van der Waals surface area contributed by atoms with Crippen molar-refractivity contribution in [2.75, 3.05) is 0 Å². The molecule has 0 radical (unpaired) electrons. The van der Waals surface area contributed by atoms with Gasteiger partial charge in [0.05, 0.1) is 0 Å². The lowest BCUT2D eigenvalue weighted by Gasteiger charge is -2.59. The van der Waals surface area contributed by atoms with Crippen LogP contribution >= 0.6 is 0 Å². The number of hydrogen-bond acceptors (Lipinski definition) is 4. The molecule has 3 fully saturated rings. The molecule has 4 unspecified atom stereocenters. The summed E-state index contributed by atoms with van der Waals surface area (Å²) in [5.41, 5.74) is -0.858. The van der Waals surface area contributed by atoms with Crippen molar-refractivity contribution in [1.29, 1.82) is 0 Å². The Bertz CT molecular complexity index is 832. The maximum Gasteiger partial charge on any atom is 0.308 e. The second-order valence-electron chi connectivity index (χ2n) is 9.98. The van der Waals surface area contributed by atoms with Crippen molar-refractivity contribution < 1.29 is 19.1 Å². The van der Waals surface area contributed by atoms with Gasteiger partial charge in [-0.1, -0.05) is 25.8 Å². The fourth-order valence-corrected chi connectivity index (χ4v) is 7.36. The predicted octanol–water partition coefficient (Wildman–Crippen LogP) is 4.80. The summed E-state index contributed by atoms with van der Waals surface area (Å²) in [6.07, 6.45) is 18.5. The lowest BCUT2D eigenvalue weighted by Crippen LogP contribution is -2.56. The average molecular weight is 397 g/mol. The molecule has 0 saturated heterocycles. The molecule has 7 atom stereocenters. The largest absolute Gasteiger partial charge is 0.445 e. The molecule has 0 bridgehead atoms. The zero-order valence-corrected chi connectivity index (χ0v) is 18.0. The number of fused-ring (bicyclic) bond motifs is 5. The quantitative estimate of drug-likeness (QED) is 0.497. The van der Waals surface area contributed by atoms with Gasteiger partial charge in [-0.15, -0.1) is 6.42 Å². The van der Waals surface area contributed by atoms with Crippen molar-refractivity contribution in [2.45, 2.75) is 71.8 Å². The third-order valence-corrected chi connectivity index (χ3v) is 8.75. The Morgan fingerprint density at radius 1 is 1.07 bits per heavy atom. The van der Waals surface area contributed by atoms with Crippen LogP contribution in [0, 0.1) is 46.8 Å². The van der Waals surface area contributed by atoms with Crippen LogP contribution in [0.2, 0.25) is 0 Å². The van der Waals surface area contributed by atoms with Gasteiger partial charge in [0.15, 0.2) is 5.60 Å². The van der Waals surface area contributed by atoms with E-state index in [9.17, 15) is 9.59 Å². The summed E-state index contributed by atoms with van der Waals surface area (Å²) in [6.45, 7) is 7.54. The molecule has 4 aliphatic rings. The zero-order valence-electron chi connectivity index (χ0n) is 18.0. The van der Waals surface area contributed by atoms with Crippen LogP contribution in [0.1, 0.15) is 66.2 Å². The molecule has 0 aromatic rings. The van der Waals surface area contributed by atoms with E-state index in [0.29, 0.717) is 29.4 Å². The van der Waals surface area contributed by atoms with Crippen LogP contribution in [0.5, 0.6) is 0 Å². The Hall–Kier alpha value is -2.02. The molecular weight excluding hydrogens is 364 g/mol. The number of esters is 2. The summed E-state index contributed by atoms with van der Waals surface area (Å²) < 4.78 is 11.2. The van der Waals surface area contributed by atoms with Crippen LogP contribution in [0.3, 0.4) is 0 Å². The number of carbonyl (C=O) groups is 2. The molecule has 4 nitrogen and oxygen atoms in total. The molecule has 0 spiro atoms. The number of allylic oxidation sites excluding steroid dienone is 3. The number of carbonyl (C=O) groups excluding carboxylic acids is 2. The zero-order chi connectivity index (χ0) is 21.0. The molecule has 4 heteroatoms. The van der Waals surface area contributed by atoms with Gasteiger partial charge in [-0.3, -0.25) is 9.59 Å². The molecule has 4 aliphatic carbocycles. The number of hydrogen-bond donors (Lipinski definition) is 0. The van der Waals surface area contributed by atoms with E-state index in [1.54, 1.807) is 0 Å². The molecule has 0 aromatic heterocycles. The van der Waals surface area contributed by atoms with Crippen molar-refractivity contribution in [2.24, 2.45) is 34.5 Å². The molecule has 3 saturated carbocycles. The van der Waals surface area contributed by atoms with E-state index in [2.05, 4.69) is 31.9 Å². The van der Waals surface area contributed by atoms with Crippen LogP contribution in [-0.4, -0.2) is 17.5 Å². The highest BCUT2D eigenvalue weighted by molar-refractivity contribution is 5.68. The number of ether oxygens (including phenoxy) is 2. The second kappa shape index (κ2) is 6.76. The Labute approximate surface area is 174 Å². The van der Waals surface area contributed by atoms with Crippen molar-refractivity contribution in [1.82, 2.24) is 0 Å². The van der Waals surface area contributed by atoms with E-state index in [1.807, 2.05) is 6.08 Å². The van der Waals surface area contributed by atoms with Crippen molar-refractivity contribution in [3.05, 3.63) is 24.0 Å². The minimum atomic E-state index is -0.767. The Balaban J connectivity index is 1.62. The van der Waals surface area contributed by atoms with Gasteiger partial charge in [0.2, 0.25) is 0 Å². The smallest absolute Gasteiger partial charge is 0.308 e. The van der Waals surface area contributed by atoms with Gasteiger partial charge in [-0.25, -0.2) is 0 Å². The van der Waals surface area contributed by atoms with E-state index in [-0.39, 0.29) is 22.8 Å². The number of rotatable bonds is 2. The first-order chi connectivity index (χ1) is 13.6. The van der Waals surface area contributed by atoms with E-state index >= 15 is 0 Å². The topological polar surface area (TPSA) is 52.6 Å². The standard InChI is InChI=1S/C25H32O4/c1-6-25(29-17(3)27)14-11-22-20-8-7-18-15-19(28-16(2)26)9-12-23(18,4)21(20)10-13-24(22,25)5/h1,9,12,15,18,20-22H,7-8,10-11,13-14H2,2-5H3/t18?,20?,21?,22?,23-,24-,25-/m0/s1. The second-order valence-corrected chi connectivity index (χ2v) is 9.98. The van der Waals surface area contributed by atoms with Gasteiger partial charge in [0.1, 0.15) is 5.76 Å². The van der Waals surface area contributed by atoms with E-state index in [1.165, 1.54) is 13.8 Å². The maximum atomic E-state index is 11.8. The van der Waals surface area contributed by atoms with Crippen molar-refractivity contribution in [3.63, 3.8) is 0 Å². The van der Waals surface area contributed by atoms with Gasteiger partial charge >= 0.3 is 11.9 Å². The summed E-state index contributed by atoms with van der Waals surface area (Å²) in [5.74, 6) is 5.06. The third kappa shape index (κ3) is 2.88. The molecule has 4 rings (SSSR count). The van der Waals surface area contributed by atoms with E-state index in [4.69, 9.17) is 15.9 Å². The minimum absolute atomic E-state index is 0.0662. The Morgan fingerprint density at radius 2 is 1.79 bits per heavy atom. The first kappa shape index (κ1) is 20.3. The van der Waals surface area contributed by atoms with Crippen LogP contribution in [0.4, 0.5) is 0 Å². The van der Waals surface area contributed by atoms with Crippen molar-refractivity contribution >= 4 is 11.9 Å². The molecular formula is C25H32O4. The summed E-state index contributed by atoms with van der Waals surface area (Å²) >= 11 is 0. The summed E-state index contributed by atoms with van der Waals surface area (Å²) in [5, 5.41) is 0. The average Bonchev–Trinajstić information content (AvgIpc) is 2.94. The monoisotopic (exact) mass is 396 g/mol. The van der Waals surface area contributed by atoms with Gasteiger partial charge in [-0.05, 0) is 79.8 Å². The van der Waals surface area contributed by atoms with Crippen molar-refractivity contribution in [3.8, 4) is 12.3 Å². The van der Waals surface area contributed by atoms with Crippen LogP contribution in [0.15, 0.2) is 24.0 Å². The summed E-state index contributed by atoms with van der Waals surface area (Å²) in [7, 11) is 0. The Morgan fingerprint density at radius 3 is 2.45 bits per heavy atom. The maximum absolute atomic E-state index is 11.8. The van der Waals surface area contributed by atoms with Gasteiger partial charge < -0.3 is 9.47 Å². The van der Waals surface area contributed by atoms with E-state index in [0.717, 1.165) is 38.5 Å². The predicted molar refractivity (Wildman–Crippen MR) is 110 cm³/mol. The van der Waals surface area contributed by atoms with Gasteiger partial charge in [0.25, 0.3) is 0 Å². The van der Waals surface area contributed by atoms with Crippen LogP contribution < -0.4 is 0 Å². The normalized spacial score (nSPS) is 45.1. The van der Waals surface area contributed by atoms with Crippen LogP contribution in [0.25, 0.3) is 0 Å². The molecule has 0 aromatic carbocycles. The van der Waals surface area contributed by atoms with E-state index < -0.39 is 5.60 Å². The molecule has 0 amide bonds. The highest BCUT2D eigenvalue weighted by Gasteiger charge is 2.65. The first-order valence-electron chi connectivity index (χ1n) is 10.9. The lowest BCUT2D eigenvalue weighted by atomic mass is 9.46. The van der Waals surface area contributed by atoms with Gasteiger partial charge in [-0.2, -0.15) is 0 Å². The highest BCUT2D eigenvalue weighted by Crippen LogP contribution is 2.67. The summed E-state index contributed by atoms with van der Waals surface area (Å²) in [4.78, 5) is 23.2. The fraction of sp³-hybridized carbons (Fsp3) is 0.680. The molecule has 29 heavy (non-hydrogen) atoms. The SMILES string of the molecule is C#C[C@]1(OC(C)=O)CCC2C3CCC4C=C(OC(C)=O)C=C[C@]4(C)C3CC[C@@]21C. The molecule has 0 heterocycles.